The summed E-state index contributed by atoms with van der Waals surface area (Å²) in [4.78, 5) is 10.7. The van der Waals surface area contributed by atoms with Crippen molar-refractivity contribution in [3.8, 4) is 0 Å². The van der Waals surface area contributed by atoms with Gasteiger partial charge in [0.25, 0.3) is 0 Å². The molecule has 1 rings (SSSR count). The van der Waals surface area contributed by atoms with Gasteiger partial charge in [-0.25, -0.2) is 9.52 Å². The SMILES string of the molecule is COC(=O)NS(=O)(=O)N1CCC(CO)C1. The lowest BCUT2D eigenvalue weighted by atomic mass is 10.1. The number of ether oxygens (including phenoxy) is 1. The van der Waals surface area contributed by atoms with Crippen LogP contribution in [0.2, 0.25) is 0 Å². The number of nitrogens with one attached hydrogen (secondary N) is 1. The van der Waals surface area contributed by atoms with Crippen molar-refractivity contribution in [3.05, 3.63) is 0 Å². The summed E-state index contributed by atoms with van der Waals surface area (Å²) in [6, 6.07) is 0. The fraction of sp³-hybridized carbons (Fsp3) is 0.857. The molecule has 1 atom stereocenters. The van der Waals surface area contributed by atoms with Crippen LogP contribution in [0.5, 0.6) is 0 Å². The van der Waals surface area contributed by atoms with E-state index < -0.39 is 16.3 Å². The lowest BCUT2D eigenvalue weighted by Crippen LogP contribution is -2.42. The van der Waals surface area contributed by atoms with Crippen molar-refractivity contribution in [2.75, 3.05) is 26.8 Å². The number of aliphatic hydroxyl groups excluding tert-OH is 1. The number of amides is 1. The van der Waals surface area contributed by atoms with Crippen LogP contribution in [0.3, 0.4) is 0 Å². The monoisotopic (exact) mass is 238 g/mol. The van der Waals surface area contributed by atoms with Gasteiger partial charge in [0.1, 0.15) is 0 Å². The summed E-state index contributed by atoms with van der Waals surface area (Å²) in [6.45, 7) is 0.477. The zero-order valence-electron chi connectivity index (χ0n) is 8.34. The first-order valence-corrected chi connectivity index (χ1v) is 5.90. The minimum atomic E-state index is -3.82. The Morgan fingerprint density at radius 1 is 1.67 bits per heavy atom. The minimum Gasteiger partial charge on any atom is -0.452 e. The number of hydrogen-bond donors (Lipinski definition) is 2. The first-order valence-electron chi connectivity index (χ1n) is 4.46. The molecule has 1 aliphatic heterocycles. The molecule has 0 bridgehead atoms. The third kappa shape index (κ3) is 3.05. The average Bonchev–Trinajstić information content (AvgIpc) is 2.65. The molecular formula is C7H14N2O5S. The van der Waals surface area contributed by atoms with Crippen molar-refractivity contribution < 1.29 is 23.1 Å². The van der Waals surface area contributed by atoms with Crippen LogP contribution in [0.15, 0.2) is 0 Å². The summed E-state index contributed by atoms with van der Waals surface area (Å²) in [7, 11) is -2.73. The molecule has 1 heterocycles. The predicted octanol–water partition coefficient (Wildman–Crippen LogP) is -1.10. The van der Waals surface area contributed by atoms with E-state index in [0.29, 0.717) is 13.0 Å². The summed E-state index contributed by atoms with van der Waals surface area (Å²) in [6.07, 6.45) is -0.416. The van der Waals surface area contributed by atoms with Crippen LogP contribution in [0.25, 0.3) is 0 Å². The van der Waals surface area contributed by atoms with E-state index in [9.17, 15) is 13.2 Å². The molecule has 88 valence electrons. The van der Waals surface area contributed by atoms with Gasteiger partial charge in [-0.1, -0.05) is 0 Å². The molecule has 0 spiro atoms. The summed E-state index contributed by atoms with van der Waals surface area (Å²) in [5.41, 5.74) is 0. The van der Waals surface area contributed by atoms with Crippen LogP contribution in [-0.2, 0) is 14.9 Å². The molecule has 0 aliphatic carbocycles. The Hall–Kier alpha value is -0.860. The van der Waals surface area contributed by atoms with Gasteiger partial charge in [-0.15, -0.1) is 0 Å². The standard InChI is InChI=1S/C7H14N2O5S/c1-14-7(11)8-15(12,13)9-3-2-6(4-9)5-10/h6,10H,2-5H2,1H3,(H,8,11). The van der Waals surface area contributed by atoms with Gasteiger partial charge in [0.05, 0.1) is 7.11 Å². The maximum Gasteiger partial charge on any atom is 0.421 e. The highest BCUT2D eigenvalue weighted by atomic mass is 32.2. The van der Waals surface area contributed by atoms with E-state index in [1.165, 1.54) is 0 Å². The van der Waals surface area contributed by atoms with Crippen molar-refractivity contribution in [2.24, 2.45) is 5.92 Å². The Morgan fingerprint density at radius 2 is 2.33 bits per heavy atom. The molecule has 1 aliphatic rings. The smallest absolute Gasteiger partial charge is 0.421 e. The van der Waals surface area contributed by atoms with Gasteiger partial charge in [0.2, 0.25) is 0 Å². The van der Waals surface area contributed by atoms with E-state index in [2.05, 4.69) is 4.74 Å². The Labute approximate surface area is 88.2 Å². The molecule has 0 aromatic carbocycles. The van der Waals surface area contributed by atoms with Crippen molar-refractivity contribution in [2.45, 2.75) is 6.42 Å². The number of aliphatic hydroxyl groups is 1. The van der Waals surface area contributed by atoms with E-state index >= 15 is 0 Å². The molecule has 0 aromatic heterocycles. The Kier molecular flexibility index (Phi) is 3.89. The molecule has 7 nitrogen and oxygen atoms in total. The van der Waals surface area contributed by atoms with E-state index in [1.807, 2.05) is 0 Å². The highest BCUT2D eigenvalue weighted by Gasteiger charge is 2.32. The third-order valence-electron chi connectivity index (χ3n) is 2.24. The number of carbonyl (C=O) groups is 1. The number of carbonyl (C=O) groups excluding carboxylic acids is 1. The van der Waals surface area contributed by atoms with Crippen molar-refractivity contribution in [3.63, 3.8) is 0 Å². The fourth-order valence-electron chi connectivity index (χ4n) is 1.38. The molecular weight excluding hydrogens is 224 g/mol. The second kappa shape index (κ2) is 4.77. The molecule has 1 amide bonds. The van der Waals surface area contributed by atoms with Gasteiger partial charge in [0.15, 0.2) is 0 Å². The quantitative estimate of drug-likeness (QED) is 0.650. The van der Waals surface area contributed by atoms with Gasteiger partial charge < -0.3 is 9.84 Å². The van der Waals surface area contributed by atoms with E-state index in [1.54, 1.807) is 4.72 Å². The van der Waals surface area contributed by atoms with Crippen LogP contribution in [0.4, 0.5) is 4.79 Å². The predicted molar refractivity (Wildman–Crippen MR) is 51.2 cm³/mol. The van der Waals surface area contributed by atoms with Gasteiger partial charge in [-0.05, 0) is 12.3 Å². The molecule has 0 saturated carbocycles. The van der Waals surface area contributed by atoms with E-state index in [-0.39, 0.29) is 19.1 Å². The molecule has 1 unspecified atom stereocenters. The minimum absolute atomic E-state index is 0.0513. The van der Waals surface area contributed by atoms with Crippen LogP contribution in [0, 0.1) is 5.92 Å². The Morgan fingerprint density at radius 3 is 2.80 bits per heavy atom. The second-order valence-electron chi connectivity index (χ2n) is 3.29. The molecule has 15 heavy (non-hydrogen) atoms. The topological polar surface area (TPSA) is 95.9 Å². The molecule has 0 aromatic rings. The first-order chi connectivity index (χ1) is 6.99. The third-order valence-corrected chi connectivity index (χ3v) is 3.68. The lowest BCUT2D eigenvalue weighted by Gasteiger charge is -2.15. The first kappa shape index (κ1) is 12.2. The second-order valence-corrected chi connectivity index (χ2v) is 4.96. The summed E-state index contributed by atoms with van der Waals surface area (Å²) in [5, 5.41) is 8.84. The fourth-order valence-corrected chi connectivity index (χ4v) is 2.55. The van der Waals surface area contributed by atoms with Crippen molar-refractivity contribution in [1.82, 2.24) is 9.03 Å². The molecule has 8 heteroatoms. The lowest BCUT2D eigenvalue weighted by molar-refractivity contribution is 0.177. The van der Waals surface area contributed by atoms with Gasteiger partial charge in [-0.3, -0.25) is 0 Å². The molecule has 1 fully saturated rings. The van der Waals surface area contributed by atoms with Crippen molar-refractivity contribution >= 4 is 16.3 Å². The molecule has 2 N–H and O–H groups in total. The Balaban J connectivity index is 2.60. The van der Waals surface area contributed by atoms with Gasteiger partial charge in [-0.2, -0.15) is 12.7 Å². The maximum absolute atomic E-state index is 11.5. The Bertz CT molecular complexity index is 328. The number of hydrogen-bond acceptors (Lipinski definition) is 5. The molecule has 1 saturated heterocycles. The zero-order valence-corrected chi connectivity index (χ0v) is 9.16. The van der Waals surface area contributed by atoms with Gasteiger partial charge >= 0.3 is 16.3 Å². The summed E-state index contributed by atoms with van der Waals surface area (Å²) in [5.74, 6) is -0.0563. The number of rotatable bonds is 3. The van der Waals surface area contributed by atoms with Crippen molar-refractivity contribution in [1.29, 1.82) is 0 Å². The zero-order chi connectivity index (χ0) is 11.5. The van der Waals surface area contributed by atoms with Crippen LogP contribution in [0.1, 0.15) is 6.42 Å². The van der Waals surface area contributed by atoms with E-state index in [0.717, 1.165) is 11.4 Å². The number of nitrogens with zero attached hydrogens (tertiary/aromatic N) is 1. The highest BCUT2D eigenvalue weighted by Crippen LogP contribution is 2.17. The summed E-state index contributed by atoms with van der Waals surface area (Å²) < 4.78 is 30.0. The largest absolute Gasteiger partial charge is 0.452 e. The summed E-state index contributed by atoms with van der Waals surface area (Å²) >= 11 is 0. The highest BCUT2D eigenvalue weighted by molar-refractivity contribution is 7.87. The number of methoxy groups -OCH3 is 1. The van der Waals surface area contributed by atoms with Crippen LogP contribution in [-0.4, -0.2) is 50.7 Å². The maximum atomic E-state index is 11.5. The van der Waals surface area contributed by atoms with Crippen LogP contribution >= 0.6 is 0 Å². The van der Waals surface area contributed by atoms with E-state index in [4.69, 9.17) is 5.11 Å². The molecule has 0 radical (unpaired) electrons. The van der Waals surface area contributed by atoms with Gasteiger partial charge in [0, 0.05) is 19.7 Å². The van der Waals surface area contributed by atoms with Crippen LogP contribution < -0.4 is 4.72 Å². The normalized spacial score (nSPS) is 22.7. The average molecular weight is 238 g/mol.